The average molecular weight is 219 g/mol. The molecule has 86 valence electrons. The fourth-order valence-electron chi connectivity index (χ4n) is 2.12. The Morgan fingerprint density at radius 1 is 1.50 bits per heavy atom. The number of nitrogens with two attached hydrogens (primary N) is 1. The molecule has 1 aromatic rings. The van der Waals surface area contributed by atoms with E-state index in [0.29, 0.717) is 18.0 Å². The fraction of sp³-hybridized carbons (Fsp3) is 0.636. The molecule has 3 rings (SSSR count). The van der Waals surface area contributed by atoms with E-state index in [1.54, 1.807) is 0 Å². The lowest BCUT2D eigenvalue weighted by atomic mass is 10.1. The second-order valence-corrected chi connectivity index (χ2v) is 4.62. The molecule has 5 nitrogen and oxygen atoms in total. The number of aliphatic imine (C=N–C) groups is 1. The minimum atomic E-state index is 0.386. The first-order valence-corrected chi connectivity index (χ1v) is 5.91. The van der Waals surface area contributed by atoms with E-state index in [0.717, 1.165) is 25.2 Å². The number of hydrogen-bond donors (Lipinski definition) is 2. The molecule has 2 heterocycles. The van der Waals surface area contributed by atoms with Crippen molar-refractivity contribution >= 4 is 5.96 Å². The Kier molecular flexibility index (Phi) is 2.31. The number of aromatic nitrogens is 2. The van der Waals surface area contributed by atoms with Crippen LogP contribution in [0.25, 0.3) is 0 Å². The van der Waals surface area contributed by atoms with Gasteiger partial charge >= 0.3 is 0 Å². The highest BCUT2D eigenvalue weighted by atomic mass is 15.2. The van der Waals surface area contributed by atoms with Crippen LogP contribution in [0.3, 0.4) is 0 Å². The van der Waals surface area contributed by atoms with Crippen molar-refractivity contribution in [1.29, 1.82) is 0 Å². The van der Waals surface area contributed by atoms with Crippen molar-refractivity contribution in [2.24, 2.45) is 10.7 Å². The zero-order valence-corrected chi connectivity index (χ0v) is 9.26. The van der Waals surface area contributed by atoms with Gasteiger partial charge in [0, 0.05) is 31.4 Å². The van der Waals surface area contributed by atoms with Crippen molar-refractivity contribution in [3.8, 4) is 0 Å². The summed E-state index contributed by atoms with van der Waals surface area (Å²) in [6, 6.07) is 0.871. The molecule has 0 saturated heterocycles. The zero-order valence-electron chi connectivity index (χ0n) is 9.26. The van der Waals surface area contributed by atoms with Gasteiger partial charge < -0.3 is 15.6 Å². The maximum atomic E-state index is 5.85. The van der Waals surface area contributed by atoms with E-state index in [1.807, 2.05) is 12.4 Å². The van der Waals surface area contributed by atoms with Gasteiger partial charge in [0.1, 0.15) is 5.82 Å². The molecule has 2 aliphatic rings. The van der Waals surface area contributed by atoms with Gasteiger partial charge in [0.15, 0.2) is 5.96 Å². The lowest BCUT2D eigenvalue weighted by Gasteiger charge is -2.24. The van der Waals surface area contributed by atoms with E-state index in [1.165, 1.54) is 12.8 Å². The molecule has 1 fully saturated rings. The quantitative estimate of drug-likeness (QED) is 0.554. The monoisotopic (exact) mass is 219 g/mol. The second kappa shape index (κ2) is 3.81. The number of imidazole rings is 1. The minimum Gasteiger partial charge on any atom is -0.370 e. The highest BCUT2D eigenvalue weighted by molar-refractivity contribution is 5.78. The first-order chi connectivity index (χ1) is 7.81. The van der Waals surface area contributed by atoms with Gasteiger partial charge in [-0.1, -0.05) is 0 Å². The van der Waals surface area contributed by atoms with Crippen LogP contribution in [0.15, 0.2) is 17.4 Å². The molecule has 1 unspecified atom stereocenters. The molecule has 0 aromatic carbocycles. The van der Waals surface area contributed by atoms with Crippen molar-refractivity contribution < 1.29 is 0 Å². The summed E-state index contributed by atoms with van der Waals surface area (Å²) in [6.07, 6.45) is 8.31. The van der Waals surface area contributed by atoms with Crippen LogP contribution < -0.4 is 11.1 Å². The van der Waals surface area contributed by atoms with E-state index >= 15 is 0 Å². The lowest BCUT2D eigenvalue weighted by Crippen LogP contribution is -2.44. The number of nitrogens with one attached hydrogen (secondary N) is 1. The van der Waals surface area contributed by atoms with Crippen LogP contribution in [0.4, 0.5) is 0 Å². The minimum absolute atomic E-state index is 0.386. The van der Waals surface area contributed by atoms with Gasteiger partial charge in [-0.3, -0.25) is 4.99 Å². The maximum absolute atomic E-state index is 5.85. The normalized spacial score (nSPS) is 25.2. The standard InChI is InChI=1S/C11H17N5/c12-11(14-8-1-2-8)15-9-3-5-16-6-4-13-10(16)7-9/h4,6,8-9H,1-3,5,7H2,(H3,12,14,15). The third-order valence-corrected chi connectivity index (χ3v) is 3.17. The van der Waals surface area contributed by atoms with Gasteiger partial charge in [-0.25, -0.2) is 4.98 Å². The molecule has 0 amide bonds. The van der Waals surface area contributed by atoms with E-state index < -0.39 is 0 Å². The van der Waals surface area contributed by atoms with Crippen LogP contribution in [-0.2, 0) is 13.0 Å². The summed E-state index contributed by atoms with van der Waals surface area (Å²) in [5, 5.41) is 3.30. The van der Waals surface area contributed by atoms with Gasteiger partial charge in [-0.15, -0.1) is 0 Å². The number of nitrogens with zero attached hydrogens (tertiary/aromatic N) is 3. The molecule has 16 heavy (non-hydrogen) atoms. The lowest BCUT2D eigenvalue weighted by molar-refractivity contribution is 0.434. The first-order valence-electron chi connectivity index (χ1n) is 5.91. The van der Waals surface area contributed by atoms with Gasteiger partial charge in [-0.05, 0) is 19.3 Å². The summed E-state index contributed by atoms with van der Waals surface area (Å²) in [6.45, 7) is 1.02. The molecule has 0 radical (unpaired) electrons. The summed E-state index contributed by atoms with van der Waals surface area (Å²) in [7, 11) is 0. The van der Waals surface area contributed by atoms with Gasteiger partial charge in [0.2, 0.25) is 0 Å². The predicted octanol–water partition coefficient (Wildman–Crippen LogP) is 0.265. The fourth-order valence-corrected chi connectivity index (χ4v) is 2.12. The van der Waals surface area contributed by atoms with Crippen LogP contribution in [0.5, 0.6) is 0 Å². The highest BCUT2D eigenvalue weighted by Gasteiger charge is 2.22. The van der Waals surface area contributed by atoms with Gasteiger partial charge in [0.25, 0.3) is 0 Å². The molecule has 0 bridgehead atoms. The Morgan fingerprint density at radius 2 is 2.38 bits per heavy atom. The molecule has 1 aliphatic carbocycles. The molecule has 1 aliphatic heterocycles. The Bertz CT molecular complexity index is 404. The average Bonchev–Trinajstić information content (AvgIpc) is 2.95. The van der Waals surface area contributed by atoms with Gasteiger partial charge in [0.05, 0.1) is 6.04 Å². The highest BCUT2D eigenvalue weighted by Crippen LogP contribution is 2.23. The maximum Gasteiger partial charge on any atom is 0.189 e. The topological polar surface area (TPSA) is 68.2 Å². The predicted molar refractivity (Wildman–Crippen MR) is 62.1 cm³/mol. The van der Waals surface area contributed by atoms with Crippen molar-refractivity contribution in [2.75, 3.05) is 0 Å². The van der Waals surface area contributed by atoms with Crippen LogP contribution in [0.1, 0.15) is 25.1 Å². The Hall–Kier alpha value is -1.52. The van der Waals surface area contributed by atoms with Crippen molar-refractivity contribution in [1.82, 2.24) is 14.9 Å². The Labute approximate surface area is 94.8 Å². The third kappa shape index (κ3) is 2.03. The van der Waals surface area contributed by atoms with Crippen LogP contribution in [0.2, 0.25) is 0 Å². The van der Waals surface area contributed by atoms with Crippen LogP contribution >= 0.6 is 0 Å². The molecule has 1 aromatic heterocycles. The van der Waals surface area contributed by atoms with Crippen molar-refractivity contribution in [2.45, 2.75) is 44.3 Å². The summed E-state index contributed by atoms with van der Waals surface area (Å²) >= 11 is 0. The van der Waals surface area contributed by atoms with E-state index in [4.69, 9.17) is 5.73 Å². The zero-order chi connectivity index (χ0) is 11.0. The Morgan fingerprint density at radius 3 is 3.19 bits per heavy atom. The van der Waals surface area contributed by atoms with E-state index in [2.05, 4.69) is 19.9 Å². The molecular weight excluding hydrogens is 202 g/mol. The molecule has 1 saturated carbocycles. The summed E-state index contributed by atoms with van der Waals surface area (Å²) < 4.78 is 2.20. The second-order valence-electron chi connectivity index (χ2n) is 4.62. The van der Waals surface area contributed by atoms with Gasteiger partial charge in [-0.2, -0.15) is 0 Å². The molecule has 0 spiro atoms. The molecular formula is C11H17N5. The van der Waals surface area contributed by atoms with E-state index in [9.17, 15) is 0 Å². The Balaban J connectivity index is 1.61. The molecule has 5 heteroatoms. The number of aryl methyl sites for hydroxylation is 1. The first kappa shape index (κ1) is 9.69. The molecule has 3 N–H and O–H groups in total. The SMILES string of the molecule is NC(=NC1CC1)NC1CCn2ccnc2C1. The number of hydrogen-bond acceptors (Lipinski definition) is 2. The summed E-state index contributed by atoms with van der Waals surface area (Å²) in [5.41, 5.74) is 5.85. The molecule has 1 atom stereocenters. The summed E-state index contributed by atoms with van der Waals surface area (Å²) in [4.78, 5) is 8.71. The largest absolute Gasteiger partial charge is 0.370 e. The number of rotatable bonds is 2. The van der Waals surface area contributed by atoms with Crippen LogP contribution in [0, 0.1) is 0 Å². The number of fused-ring (bicyclic) bond motifs is 1. The van der Waals surface area contributed by atoms with Crippen molar-refractivity contribution in [3.63, 3.8) is 0 Å². The number of guanidine groups is 1. The smallest absolute Gasteiger partial charge is 0.189 e. The van der Waals surface area contributed by atoms with Crippen molar-refractivity contribution in [3.05, 3.63) is 18.2 Å². The van der Waals surface area contributed by atoms with Crippen LogP contribution in [-0.4, -0.2) is 27.6 Å². The third-order valence-electron chi connectivity index (χ3n) is 3.17. The summed E-state index contributed by atoms with van der Waals surface area (Å²) in [5.74, 6) is 1.75. The van der Waals surface area contributed by atoms with E-state index in [-0.39, 0.29) is 0 Å².